The fraction of sp³-hybridized carbons (Fsp3) is 0.531. The van der Waals surface area contributed by atoms with Gasteiger partial charge < -0.3 is 22.9 Å². The van der Waals surface area contributed by atoms with Gasteiger partial charge in [0.25, 0.3) is 5.91 Å². The van der Waals surface area contributed by atoms with Crippen LogP contribution in [0.25, 0.3) is 0 Å². The lowest BCUT2D eigenvalue weighted by molar-refractivity contribution is -0.0315. The molecule has 6 nitrogen and oxygen atoms in total. The second-order valence-electron chi connectivity index (χ2n) is 12.3. The van der Waals surface area contributed by atoms with Gasteiger partial charge in [-0.15, -0.1) is 0 Å². The fourth-order valence-corrected chi connectivity index (χ4v) is 8.68. The number of hydrogen-bond donors (Lipinski definition) is 0. The molecule has 1 aliphatic carbocycles. The van der Waals surface area contributed by atoms with Crippen LogP contribution in [0.5, 0.6) is 5.75 Å². The Hall–Kier alpha value is -2.35. The van der Waals surface area contributed by atoms with Crippen molar-refractivity contribution in [2.75, 3.05) is 37.5 Å². The SMILES string of the molecule is CO[C@@]12/C=C/C[C@H](C)C[S-](=O)=NC(=O)c3ccc4c(c31)N(C[C@H](C)[C@H]2C)C[C@@]1(CCCc2cc(Cl)ccc21)CO4. The van der Waals surface area contributed by atoms with Crippen LogP contribution in [-0.2, 0) is 37.0 Å². The normalized spacial score (nSPS) is 33.0. The van der Waals surface area contributed by atoms with E-state index in [0.717, 1.165) is 60.8 Å². The average Bonchev–Trinajstić information content (AvgIpc) is 3.12. The molecule has 0 bridgehead atoms. The number of methoxy groups -OCH3 is 1. The van der Waals surface area contributed by atoms with Crippen LogP contribution in [-0.4, -0.2) is 38.5 Å². The minimum atomic E-state index is -1.60. The highest BCUT2D eigenvalue weighted by Gasteiger charge is 2.50. The Labute approximate surface area is 244 Å². The Bertz CT molecular complexity index is 1470. The largest absolute Gasteiger partial charge is 0.490 e. The summed E-state index contributed by atoms with van der Waals surface area (Å²) in [6.07, 6.45) is 8.11. The van der Waals surface area contributed by atoms with Gasteiger partial charge in [0.2, 0.25) is 0 Å². The van der Waals surface area contributed by atoms with Crippen LogP contribution in [0.3, 0.4) is 0 Å². The van der Waals surface area contributed by atoms with E-state index < -0.39 is 22.1 Å². The second kappa shape index (κ2) is 10.5. The number of amides is 1. The highest BCUT2D eigenvalue weighted by molar-refractivity contribution is 7.75. The summed E-state index contributed by atoms with van der Waals surface area (Å²) in [6, 6.07) is 9.98. The Kier molecular flexibility index (Phi) is 7.29. The van der Waals surface area contributed by atoms with Gasteiger partial charge in [0, 0.05) is 41.8 Å². The predicted octanol–water partition coefficient (Wildman–Crippen LogP) is 6.82. The van der Waals surface area contributed by atoms with Crippen LogP contribution in [0.4, 0.5) is 5.69 Å². The van der Waals surface area contributed by atoms with E-state index in [4.69, 9.17) is 21.1 Å². The lowest BCUT2D eigenvalue weighted by Gasteiger charge is -2.41. The lowest BCUT2D eigenvalue weighted by atomic mass is 9.70. The summed E-state index contributed by atoms with van der Waals surface area (Å²) in [5, 5.41) is 0.765. The van der Waals surface area contributed by atoms with Gasteiger partial charge in [-0.1, -0.05) is 62.3 Å². The molecule has 0 aromatic heterocycles. The van der Waals surface area contributed by atoms with Gasteiger partial charge in [-0.2, -0.15) is 10.6 Å². The van der Waals surface area contributed by atoms with Crippen LogP contribution in [0.15, 0.2) is 46.8 Å². The van der Waals surface area contributed by atoms with Gasteiger partial charge in [0.15, 0.2) is 0 Å². The number of hydrogen-bond acceptors (Lipinski definition) is 6. The molecule has 8 heteroatoms. The topological polar surface area (TPSA) is 68.2 Å². The molecule has 4 aliphatic rings. The number of carbonyl (C=O) groups is 1. The molecule has 1 spiro atoms. The van der Waals surface area contributed by atoms with E-state index in [1.54, 1.807) is 13.2 Å². The summed E-state index contributed by atoms with van der Waals surface area (Å²) >= 11 is 6.41. The maximum Gasteiger partial charge on any atom is 0.254 e. The number of anilines is 1. The van der Waals surface area contributed by atoms with E-state index in [1.165, 1.54) is 11.1 Å². The minimum Gasteiger partial charge on any atom is -0.490 e. The van der Waals surface area contributed by atoms with Gasteiger partial charge in [0.05, 0.1) is 12.3 Å². The molecule has 0 saturated heterocycles. The van der Waals surface area contributed by atoms with Crippen molar-refractivity contribution in [1.82, 2.24) is 0 Å². The Morgan fingerprint density at radius 1 is 1.20 bits per heavy atom. The highest BCUT2D eigenvalue weighted by atomic mass is 35.5. The van der Waals surface area contributed by atoms with E-state index in [1.807, 2.05) is 19.1 Å². The van der Waals surface area contributed by atoms with Crippen LogP contribution < -0.4 is 9.64 Å². The van der Waals surface area contributed by atoms with Crippen molar-refractivity contribution in [1.29, 1.82) is 0 Å². The fourth-order valence-electron chi connectivity index (χ4n) is 7.50. The first-order chi connectivity index (χ1) is 19.2. The van der Waals surface area contributed by atoms with Gasteiger partial charge >= 0.3 is 0 Å². The van der Waals surface area contributed by atoms with E-state index in [0.29, 0.717) is 17.9 Å². The highest BCUT2D eigenvalue weighted by Crippen LogP contribution is 2.54. The maximum absolute atomic E-state index is 13.7. The zero-order chi connectivity index (χ0) is 28.2. The molecule has 1 amide bonds. The molecule has 3 aliphatic heterocycles. The first-order valence-electron chi connectivity index (χ1n) is 14.4. The summed E-state index contributed by atoms with van der Waals surface area (Å²) < 4.78 is 30.2. The third-order valence-electron chi connectivity index (χ3n) is 9.71. The van der Waals surface area contributed by atoms with Crippen molar-refractivity contribution in [3.8, 4) is 5.75 Å². The van der Waals surface area contributed by atoms with E-state index in [2.05, 4.69) is 47.4 Å². The zero-order valence-corrected chi connectivity index (χ0v) is 25.3. The summed E-state index contributed by atoms with van der Waals surface area (Å²) in [5.74, 6) is 1.06. The molecule has 0 radical (unpaired) electrons. The first-order valence-corrected chi connectivity index (χ1v) is 16.0. The number of allylic oxidation sites excluding steroid dienone is 1. The number of benzene rings is 2. The smallest absolute Gasteiger partial charge is 0.254 e. The Morgan fingerprint density at radius 3 is 2.83 bits per heavy atom. The van der Waals surface area contributed by atoms with Crippen LogP contribution >= 0.6 is 11.6 Å². The van der Waals surface area contributed by atoms with Crippen molar-refractivity contribution in [3.63, 3.8) is 0 Å². The van der Waals surface area contributed by atoms with Crippen LogP contribution in [0.2, 0.25) is 5.02 Å². The molecular weight excluding hydrogens is 544 g/mol. The van der Waals surface area contributed by atoms with Crippen molar-refractivity contribution in [2.45, 2.75) is 57.5 Å². The Balaban J connectivity index is 1.60. The molecule has 2 aromatic carbocycles. The maximum atomic E-state index is 13.7. The summed E-state index contributed by atoms with van der Waals surface area (Å²) in [7, 11) is 0.135. The summed E-state index contributed by atoms with van der Waals surface area (Å²) in [5.41, 5.74) is 3.65. The number of ether oxygens (including phenoxy) is 2. The molecule has 214 valence electrons. The van der Waals surface area contributed by atoms with Gasteiger partial charge in [-0.3, -0.25) is 4.79 Å². The number of aryl methyl sites for hydroxylation is 1. The number of fused-ring (bicyclic) bond motifs is 2. The monoisotopic (exact) mass is 581 g/mol. The van der Waals surface area contributed by atoms with Gasteiger partial charge in [0.1, 0.15) is 11.4 Å². The second-order valence-corrected chi connectivity index (χ2v) is 13.9. The molecule has 0 unspecified atom stereocenters. The quantitative estimate of drug-likeness (QED) is 0.273. The van der Waals surface area contributed by atoms with Gasteiger partial charge in [-0.25, -0.2) is 0 Å². The summed E-state index contributed by atoms with van der Waals surface area (Å²) in [4.78, 5) is 16.2. The molecule has 5 atom stereocenters. The van der Waals surface area contributed by atoms with Crippen molar-refractivity contribution in [2.24, 2.45) is 22.1 Å². The number of rotatable bonds is 1. The molecule has 0 fully saturated rings. The number of nitrogens with zero attached hydrogens (tertiary/aromatic N) is 2. The van der Waals surface area contributed by atoms with Crippen molar-refractivity contribution in [3.05, 3.63) is 69.8 Å². The first kappa shape index (κ1) is 27.8. The van der Waals surface area contributed by atoms with Crippen molar-refractivity contribution >= 4 is 33.8 Å². The average molecular weight is 582 g/mol. The Morgan fingerprint density at radius 2 is 2.02 bits per heavy atom. The van der Waals surface area contributed by atoms with E-state index >= 15 is 0 Å². The molecule has 40 heavy (non-hydrogen) atoms. The standard InChI is InChI=1S/C32H38ClN2O4S/c1-20-7-5-14-32(38-4)22(3)21(2)16-35-18-31(13-6-8-23-15-24(33)9-11-26(23)31)19-39-27-12-10-25(28(32)29(27)35)30(36)34-40(37)17-20/h5,9-12,14-15,20-22H,6-8,13,16-19H2,1-4H3/q-1/b14-5+/t20-,21-,22+,31-,32+/m0/s1. The zero-order valence-electron chi connectivity index (χ0n) is 23.7. The molecule has 0 N–H and O–H groups in total. The van der Waals surface area contributed by atoms with Crippen molar-refractivity contribution < 1.29 is 18.5 Å². The molecule has 3 heterocycles. The van der Waals surface area contributed by atoms with Crippen LogP contribution in [0, 0.1) is 17.8 Å². The molecule has 2 aromatic rings. The van der Waals surface area contributed by atoms with E-state index in [-0.39, 0.29) is 23.2 Å². The predicted molar refractivity (Wildman–Crippen MR) is 160 cm³/mol. The third-order valence-corrected chi connectivity index (χ3v) is 11.2. The minimum absolute atomic E-state index is 0.0497. The molecule has 6 rings (SSSR count). The summed E-state index contributed by atoms with van der Waals surface area (Å²) in [6.45, 7) is 8.63. The van der Waals surface area contributed by atoms with E-state index in [9.17, 15) is 9.00 Å². The molecule has 0 saturated carbocycles. The molecular formula is C32H38ClN2O4S-. The number of halogens is 1. The lowest BCUT2D eigenvalue weighted by Crippen LogP contribution is -2.47. The van der Waals surface area contributed by atoms with Crippen LogP contribution in [0.1, 0.15) is 67.1 Å². The van der Waals surface area contributed by atoms with Gasteiger partial charge in [-0.05, 0) is 72.9 Å². The third kappa shape index (κ3) is 4.49. The number of carbonyl (C=O) groups excluding carboxylic acids is 1.